The van der Waals surface area contributed by atoms with Gasteiger partial charge >= 0.3 is 0 Å². The maximum Gasteiger partial charge on any atom is 0.125 e. The van der Waals surface area contributed by atoms with Crippen LogP contribution in [0, 0.1) is 5.82 Å². The fourth-order valence-corrected chi connectivity index (χ4v) is 2.25. The number of halogens is 2. The zero-order valence-corrected chi connectivity index (χ0v) is 12.1. The van der Waals surface area contributed by atoms with Crippen LogP contribution in [0.1, 0.15) is 5.56 Å². The van der Waals surface area contributed by atoms with Gasteiger partial charge in [-0.15, -0.1) is 12.4 Å². The van der Waals surface area contributed by atoms with Gasteiger partial charge in [-0.3, -0.25) is 4.98 Å². The van der Waals surface area contributed by atoms with E-state index in [0.29, 0.717) is 18.5 Å². The number of fused-ring (bicyclic) bond motifs is 1. The van der Waals surface area contributed by atoms with Gasteiger partial charge in [-0.25, -0.2) is 9.37 Å². The van der Waals surface area contributed by atoms with Crippen molar-refractivity contribution in [1.82, 2.24) is 9.97 Å². The number of aromatic nitrogens is 2. The highest BCUT2D eigenvalue weighted by atomic mass is 35.5. The molecule has 3 rings (SSSR count). The number of rotatable bonds is 3. The van der Waals surface area contributed by atoms with Crippen LogP contribution < -0.4 is 5.73 Å². The first kappa shape index (κ1) is 15.4. The summed E-state index contributed by atoms with van der Waals surface area (Å²) in [6.07, 6.45) is 2.44. The predicted octanol–water partition coefficient (Wildman–Crippen LogP) is 3.36. The van der Waals surface area contributed by atoms with Gasteiger partial charge in [0.1, 0.15) is 5.82 Å². The quantitative estimate of drug-likeness (QED) is 0.807. The standard InChI is InChI=1S/C16H14FN3.ClH/c17-13-5-4-11-9-12(6-7-18)16(20-15(11)10-13)14-3-1-2-8-19-14;/h1-5,8-10H,6-7,18H2;1H. The molecule has 0 unspecified atom stereocenters. The van der Waals surface area contributed by atoms with E-state index in [9.17, 15) is 4.39 Å². The van der Waals surface area contributed by atoms with Crippen LogP contribution >= 0.6 is 12.4 Å². The van der Waals surface area contributed by atoms with Crippen molar-refractivity contribution in [2.75, 3.05) is 6.54 Å². The topological polar surface area (TPSA) is 51.8 Å². The molecule has 1 aromatic carbocycles. The minimum Gasteiger partial charge on any atom is -0.330 e. The van der Waals surface area contributed by atoms with E-state index in [4.69, 9.17) is 5.73 Å². The zero-order valence-electron chi connectivity index (χ0n) is 11.3. The average molecular weight is 304 g/mol. The fraction of sp³-hybridized carbons (Fsp3) is 0.125. The van der Waals surface area contributed by atoms with Gasteiger partial charge in [0.05, 0.1) is 16.9 Å². The second-order valence-corrected chi connectivity index (χ2v) is 4.59. The molecule has 0 saturated heterocycles. The van der Waals surface area contributed by atoms with Crippen molar-refractivity contribution in [3.8, 4) is 11.4 Å². The third-order valence-electron chi connectivity index (χ3n) is 3.18. The molecule has 0 fully saturated rings. The van der Waals surface area contributed by atoms with Crippen molar-refractivity contribution in [1.29, 1.82) is 0 Å². The molecule has 0 saturated carbocycles. The van der Waals surface area contributed by atoms with Gasteiger partial charge in [0.25, 0.3) is 0 Å². The molecule has 2 heterocycles. The normalized spacial score (nSPS) is 10.4. The summed E-state index contributed by atoms with van der Waals surface area (Å²) < 4.78 is 13.3. The van der Waals surface area contributed by atoms with Gasteiger partial charge in [0, 0.05) is 17.6 Å². The first-order valence-corrected chi connectivity index (χ1v) is 6.48. The highest BCUT2D eigenvalue weighted by Gasteiger charge is 2.10. The van der Waals surface area contributed by atoms with Crippen LogP contribution in [0.2, 0.25) is 0 Å². The van der Waals surface area contributed by atoms with Crippen LogP contribution in [0.3, 0.4) is 0 Å². The number of benzene rings is 1. The lowest BCUT2D eigenvalue weighted by Crippen LogP contribution is -2.05. The van der Waals surface area contributed by atoms with Gasteiger partial charge in [0.2, 0.25) is 0 Å². The maximum atomic E-state index is 13.3. The molecule has 0 aliphatic heterocycles. The maximum absolute atomic E-state index is 13.3. The van der Waals surface area contributed by atoms with E-state index in [1.807, 2.05) is 24.3 Å². The van der Waals surface area contributed by atoms with E-state index < -0.39 is 0 Å². The Kier molecular flexibility index (Phi) is 4.83. The molecule has 2 N–H and O–H groups in total. The largest absolute Gasteiger partial charge is 0.330 e. The van der Waals surface area contributed by atoms with Crippen LogP contribution in [-0.4, -0.2) is 16.5 Å². The van der Waals surface area contributed by atoms with Crippen molar-refractivity contribution in [3.05, 3.63) is 60.0 Å². The predicted molar refractivity (Wildman–Crippen MR) is 84.9 cm³/mol. The second kappa shape index (κ2) is 6.61. The molecule has 21 heavy (non-hydrogen) atoms. The summed E-state index contributed by atoms with van der Waals surface area (Å²) in [6, 6.07) is 12.3. The zero-order chi connectivity index (χ0) is 13.9. The Morgan fingerprint density at radius 3 is 2.67 bits per heavy atom. The molecule has 108 valence electrons. The first-order chi connectivity index (χ1) is 9.78. The number of hydrogen-bond donors (Lipinski definition) is 1. The Morgan fingerprint density at radius 1 is 1.10 bits per heavy atom. The highest BCUT2D eigenvalue weighted by Crippen LogP contribution is 2.25. The summed E-state index contributed by atoms with van der Waals surface area (Å²) in [6.45, 7) is 0.536. The molecule has 0 atom stereocenters. The Morgan fingerprint density at radius 2 is 1.95 bits per heavy atom. The lowest BCUT2D eigenvalue weighted by molar-refractivity contribution is 0.629. The second-order valence-electron chi connectivity index (χ2n) is 4.59. The molecule has 0 radical (unpaired) electrons. The molecule has 3 nitrogen and oxygen atoms in total. The first-order valence-electron chi connectivity index (χ1n) is 6.48. The number of hydrogen-bond acceptors (Lipinski definition) is 3. The van der Waals surface area contributed by atoms with Gasteiger partial charge in [-0.1, -0.05) is 6.07 Å². The number of pyridine rings is 2. The molecular formula is C16H15ClFN3. The molecule has 0 spiro atoms. The lowest BCUT2D eigenvalue weighted by Gasteiger charge is -2.09. The average Bonchev–Trinajstić information content (AvgIpc) is 2.48. The minimum atomic E-state index is -0.288. The summed E-state index contributed by atoms with van der Waals surface area (Å²) in [5, 5.41) is 0.912. The van der Waals surface area contributed by atoms with Crippen LogP contribution in [0.15, 0.2) is 48.7 Å². The van der Waals surface area contributed by atoms with E-state index in [1.165, 1.54) is 12.1 Å². The lowest BCUT2D eigenvalue weighted by atomic mass is 10.0. The molecule has 3 aromatic rings. The van der Waals surface area contributed by atoms with Gasteiger partial charge in [-0.2, -0.15) is 0 Å². The molecular weight excluding hydrogens is 289 g/mol. The van der Waals surface area contributed by atoms with Crippen molar-refractivity contribution in [2.24, 2.45) is 5.73 Å². The fourth-order valence-electron chi connectivity index (χ4n) is 2.25. The van der Waals surface area contributed by atoms with Crippen molar-refractivity contribution >= 4 is 23.3 Å². The Bertz CT molecular complexity index is 747. The molecule has 0 aliphatic rings. The van der Waals surface area contributed by atoms with E-state index in [2.05, 4.69) is 9.97 Å². The molecule has 0 amide bonds. The van der Waals surface area contributed by atoms with Gasteiger partial charge in [0.15, 0.2) is 0 Å². The summed E-state index contributed by atoms with van der Waals surface area (Å²) in [5.41, 5.74) is 8.88. The van der Waals surface area contributed by atoms with Crippen molar-refractivity contribution in [2.45, 2.75) is 6.42 Å². The van der Waals surface area contributed by atoms with Crippen LogP contribution in [-0.2, 0) is 6.42 Å². The summed E-state index contributed by atoms with van der Waals surface area (Å²) in [5.74, 6) is -0.288. The molecule has 2 aromatic heterocycles. The molecule has 0 aliphatic carbocycles. The van der Waals surface area contributed by atoms with Crippen LogP contribution in [0.25, 0.3) is 22.3 Å². The minimum absolute atomic E-state index is 0. The van der Waals surface area contributed by atoms with E-state index in [1.54, 1.807) is 12.3 Å². The van der Waals surface area contributed by atoms with E-state index in [0.717, 1.165) is 22.3 Å². The molecule has 0 bridgehead atoms. The summed E-state index contributed by atoms with van der Waals surface area (Å²) in [7, 11) is 0. The number of nitrogens with two attached hydrogens (primary N) is 1. The third-order valence-corrected chi connectivity index (χ3v) is 3.18. The Hall–Kier alpha value is -2.04. The number of nitrogens with zero attached hydrogens (tertiary/aromatic N) is 2. The smallest absolute Gasteiger partial charge is 0.125 e. The highest BCUT2D eigenvalue weighted by molar-refractivity contribution is 5.85. The van der Waals surface area contributed by atoms with Gasteiger partial charge < -0.3 is 5.73 Å². The van der Waals surface area contributed by atoms with Crippen molar-refractivity contribution < 1.29 is 4.39 Å². The third kappa shape index (κ3) is 3.17. The van der Waals surface area contributed by atoms with Crippen molar-refractivity contribution in [3.63, 3.8) is 0 Å². The van der Waals surface area contributed by atoms with Crippen LogP contribution in [0.4, 0.5) is 4.39 Å². The monoisotopic (exact) mass is 303 g/mol. The van der Waals surface area contributed by atoms with E-state index in [-0.39, 0.29) is 18.2 Å². The Balaban J connectivity index is 0.00000161. The summed E-state index contributed by atoms with van der Waals surface area (Å²) >= 11 is 0. The molecule has 5 heteroatoms. The van der Waals surface area contributed by atoms with Crippen LogP contribution in [0.5, 0.6) is 0 Å². The Labute approximate surface area is 128 Å². The summed E-state index contributed by atoms with van der Waals surface area (Å²) in [4.78, 5) is 8.89. The van der Waals surface area contributed by atoms with E-state index >= 15 is 0 Å². The van der Waals surface area contributed by atoms with Gasteiger partial charge in [-0.05, 0) is 48.9 Å². The SMILES string of the molecule is Cl.NCCc1cc2ccc(F)cc2nc1-c1ccccn1.